The highest BCUT2D eigenvalue weighted by atomic mass is 16.3. The van der Waals surface area contributed by atoms with Crippen LogP contribution in [-0.4, -0.2) is 14.5 Å². The first-order chi connectivity index (χ1) is 30.7. The fraction of sp³-hybridized carbons (Fsp3) is 0. The SMILES string of the molecule is c1ccc(-c2cccc(-c3nc(-c4ccc(-n5c6ccc7ccccc7c6c6c7ccccc7c(-c7cccc8oc9ccccc9c78)cc65)cc4)nc4ccccc34)c2)cc1. The van der Waals surface area contributed by atoms with E-state index in [1.54, 1.807) is 0 Å². The monoisotopic (exact) mass is 789 g/mol. The first-order valence-electron chi connectivity index (χ1n) is 21.1. The molecular formula is C58H35N3O. The predicted octanol–water partition coefficient (Wildman–Crippen LogP) is 15.6. The van der Waals surface area contributed by atoms with Crippen molar-refractivity contribution in [1.82, 2.24) is 14.5 Å². The summed E-state index contributed by atoms with van der Waals surface area (Å²) in [5.74, 6) is 0.692. The van der Waals surface area contributed by atoms with Gasteiger partial charge in [-0.3, -0.25) is 0 Å². The summed E-state index contributed by atoms with van der Waals surface area (Å²) < 4.78 is 8.85. The fourth-order valence-electron chi connectivity index (χ4n) is 9.80. The fourth-order valence-corrected chi connectivity index (χ4v) is 9.80. The van der Waals surface area contributed by atoms with Gasteiger partial charge in [-0.05, 0) is 104 Å². The summed E-state index contributed by atoms with van der Waals surface area (Å²) >= 11 is 0. The van der Waals surface area contributed by atoms with Crippen LogP contribution in [0.3, 0.4) is 0 Å². The van der Waals surface area contributed by atoms with Crippen LogP contribution < -0.4 is 0 Å². The zero-order valence-electron chi connectivity index (χ0n) is 33.5. The van der Waals surface area contributed by atoms with Crippen molar-refractivity contribution >= 4 is 76.2 Å². The third-order valence-electron chi connectivity index (χ3n) is 12.6. The lowest BCUT2D eigenvalue weighted by atomic mass is 9.91. The molecular weight excluding hydrogens is 755 g/mol. The third-order valence-corrected chi connectivity index (χ3v) is 12.6. The van der Waals surface area contributed by atoms with E-state index in [2.05, 4.69) is 205 Å². The Labute approximate surface area is 356 Å². The molecule has 62 heavy (non-hydrogen) atoms. The standard InChI is InChI=1S/C58H35N3O/c1-2-14-36(15-3-1)39-17-12-18-40(34-39)57-46-22-8-10-25-49(46)59-58(60-57)38-28-31-41(32-29-38)61-50-33-30-37-16-4-5-19-42(37)55(50)56-44-21-7-6-20-43(44)48(35-51(56)61)45-24-13-27-53-54(45)47-23-9-11-26-52(47)62-53/h1-35H. The number of fused-ring (bicyclic) bond motifs is 11. The number of benzene rings is 10. The highest BCUT2D eigenvalue weighted by Gasteiger charge is 2.22. The summed E-state index contributed by atoms with van der Waals surface area (Å²) in [5, 5.41) is 10.6. The van der Waals surface area contributed by atoms with Gasteiger partial charge in [-0.1, -0.05) is 152 Å². The lowest BCUT2D eigenvalue weighted by Gasteiger charge is -2.14. The van der Waals surface area contributed by atoms with E-state index in [0.717, 1.165) is 77.5 Å². The second-order valence-electron chi connectivity index (χ2n) is 16.1. The molecule has 10 aromatic carbocycles. The van der Waals surface area contributed by atoms with Crippen LogP contribution in [0.25, 0.3) is 127 Å². The average Bonchev–Trinajstić information content (AvgIpc) is 3.90. The van der Waals surface area contributed by atoms with Crippen molar-refractivity contribution in [3.05, 3.63) is 212 Å². The molecule has 0 spiro atoms. The van der Waals surface area contributed by atoms with Crippen LogP contribution in [0.1, 0.15) is 0 Å². The van der Waals surface area contributed by atoms with Gasteiger partial charge in [-0.25, -0.2) is 9.97 Å². The third kappa shape index (κ3) is 5.27. The molecule has 3 heterocycles. The van der Waals surface area contributed by atoms with Gasteiger partial charge >= 0.3 is 0 Å². The van der Waals surface area contributed by atoms with Crippen molar-refractivity contribution in [2.45, 2.75) is 0 Å². The number of aromatic nitrogens is 3. The molecule has 0 saturated carbocycles. The van der Waals surface area contributed by atoms with Crippen molar-refractivity contribution in [1.29, 1.82) is 0 Å². The van der Waals surface area contributed by atoms with Crippen LogP contribution in [0, 0.1) is 0 Å². The summed E-state index contributed by atoms with van der Waals surface area (Å²) in [4.78, 5) is 10.4. The minimum Gasteiger partial charge on any atom is -0.456 e. The minimum absolute atomic E-state index is 0.692. The molecule has 0 saturated heterocycles. The van der Waals surface area contributed by atoms with Gasteiger partial charge in [0.25, 0.3) is 0 Å². The Balaban J connectivity index is 1.03. The lowest BCUT2D eigenvalue weighted by molar-refractivity contribution is 0.669. The summed E-state index contributed by atoms with van der Waals surface area (Å²) in [6.45, 7) is 0. The maximum absolute atomic E-state index is 6.42. The Morgan fingerprint density at radius 1 is 0.355 bits per heavy atom. The predicted molar refractivity (Wildman–Crippen MR) is 258 cm³/mol. The average molecular weight is 790 g/mol. The van der Waals surface area contributed by atoms with E-state index in [0.29, 0.717) is 5.82 Å². The van der Waals surface area contributed by atoms with Gasteiger partial charge in [0.2, 0.25) is 0 Å². The highest BCUT2D eigenvalue weighted by Crippen LogP contribution is 2.46. The molecule has 13 rings (SSSR count). The Morgan fingerprint density at radius 2 is 1.02 bits per heavy atom. The van der Waals surface area contributed by atoms with Crippen molar-refractivity contribution in [2.75, 3.05) is 0 Å². The van der Waals surface area contributed by atoms with Crippen molar-refractivity contribution in [3.8, 4) is 50.6 Å². The maximum atomic E-state index is 6.42. The molecule has 4 heteroatoms. The van der Waals surface area contributed by atoms with Crippen LogP contribution in [-0.2, 0) is 0 Å². The van der Waals surface area contributed by atoms with E-state index in [-0.39, 0.29) is 0 Å². The largest absolute Gasteiger partial charge is 0.456 e. The van der Waals surface area contributed by atoms with E-state index >= 15 is 0 Å². The highest BCUT2D eigenvalue weighted by molar-refractivity contribution is 6.31. The zero-order valence-corrected chi connectivity index (χ0v) is 33.5. The summed E-state index contributed by atoms with van der Waals surface area (Å²) in [7, 11) is 0. The van der Waals surface area contributed by atoms with E-state index < -0.39 is 0 Å². The summed E-state index contributed by atoms with van der Waals surface area (Å²) in [6.07, 6.45) is 0. The molecule has 0 bridgehead atoms. The van der Waals surface area contributed by atoms with E-state index in [1.807, 2.05) is 12.1 Å². The molecule has 0 fully saturated rings. The number of furan rings is 1. The molecule has 0 radical (unpaired) electrons. The second kappa shape index (κ2) is 13.6. The summed E-state index contributed by atoms with van der Waals surface area (Å²) in [6, 6.07) is 75.6. The molecule has 0 aliphatic carbocycles. The van der Waals surface area contributed by atoms with Crippen LogP contribution >= 0.6 is 0 Å². The van der Waals surface area contributed by atoms with Crippen molar-refractivity contribution < 1.29 is 4.42 Å². The van der Waals surface area contributed by atoms with Crippen molar-refractivity contribution in [3.63, 3.8) is 0 Å². The molecule has 3 aromatic heterocycles. The van der Waals surface area contributed by atoms with Gasteiger partial charge in [-0.15, -0.1) is 0 Å². The number of hydrogen-bond acceptors (Lipinski definition) is 3. The van der Waals surface area contributed by atoms with Gasteiger partial charge in [0.15, 0.2) is 5.82 Å². The van der Waals surface area contributed by atoms with E-state index in [1.165, 1.54) is 43.4 Å². The van der Waals surface area contributed by atoms with Crippen LogP contribution in [0.4, 0.5) is 0 Å². The van der Waals surface area contributed by atoms with Gasteiger partial charge in [0, 0.05) is 43.7 Å². The molecule has 0 unspecified atom stereocenters. The van der Waals surface area contributed by atoms with Crippen molar-refractivity contribution in [2.24, 2.45) is 0 Å². The van der Waals surface area contributed by atoms with Crippen LogP contribution in [0.15, 0.2) is 217 Å². The smallest absolute Gasteiger partial charge is 0.160 e. The molecule has 0 N–H and O–H groups in total. The van der Waals surface area contributed by atoms with Gasteiger partial charge in [0.05, 0.1) is 22.2 Å². The minimum atomic E-state index is 0.692. The maximum Gasteiger partial charge on any atom is 0.160 e. The van der Waals surface area contributed by atoms with Crippen LogP contribution in [0.5, 0.6) is 0 Å². The van der Waals surface area contributed by atoms with Gasteiger partial charge < -0.3 is 8.98 Å². The number of rotatable bonds is 5. The van der Waals surface area contributed by atoms with Gasteiger partial charge in [0.1, 0.15) is 11.2 Å². The van der Waals surface area contributed by atoms with Gasteiger partial charge in [-0.2, -0.15) is 0 Å². The Kier molecular flexibility index (Phi) is 7.57. The van der Waals surface area contributed by atoms with E-state index in [9.17, 15) is 0 Å². The Hall–Kier alpha value is -8.34. The lowest BCUT2D eigenvalue weighted by Crippen LogP contribution is -1.97. The molecule has 288 valence electrons. The Bertz CT molecular complexity index is 3920. The van der Waals surface area contributed by atoms with Crippen LogP contribution in [0.2, 0.25) is 0 Å². The number of nitrogens with zero attached hydrogens (tertiary/aromatic N) is 3. The topological polar surface area (TPSA) is 43.9 Å². The second-order valence-corrected chi connectivity index (χ2v) is 16.1. The Morgan fingerprint density at radius 3 is 1.89 bits per heavy atom. The first-order valence-corrected chi connectivity index (χ1v) is 21.1. The zero-order chi connectivity index (χ0) is 40.7. The molecule has 0 amide bonds. The number of hydrogen-bond donors (Lipinski definition) is 0. The summed E-state index contributed by atoms with van der Waals surface area (Å²) in [5.41, 5.74) is 13.6. The molecule has 0 aliphatic heterocycles. The molecule has 0 atom stereocenters. The number of para-hydroxylation sites is 2. The quantitative estimate of drug-likeness (QED) is 0.174. The van der Waals surface area contributed by atoms with E-state index in [4.69, 9.17) is 14.4 Å². The molecule has 4 nitrogen and oxygen atoms in total. The molecule has 0 aliphatic rings. The first kappa shape index (κ1) is 34.5. The molecule has 13 aromatic rings. The normalized spacial score (nSPS) is 11.9.